The van der Waals surface area contributed by atoms with Crippen LogP contribution in [0.4, 0.5) is 10.5 Å². The predicted octanol–water partition coefficient (Wildman–Crippen LogP) is 2.52. The van der Waals surface area contributed by atoms with Gasteiger partial charge in [-0.15, -0.1) is 0 Å². The van der Waals surface area contributed by atoms with Crippen molar-refractivity contribution in [2.24, 2.45) is 11.1 Å². The molecule has 1 aromatic carbocycles. The zero-order valence-corrected chi connectivity index (χ0v) is 17.2. The van der Waals surface area contributed by atoms with Crippen molar-refractivity contribution >= 4 is 23.7 Å². The number of ether oxygens (including phenoxy) is 1. The van der Waals surface area contributed by atoms with Gasteiger partial charge in [-0.25, -0.2) is 4.79 Å². The van der Waals surface area contributed by atoms with E-state index in [-0.39, 0.29) is 18.9 Å². The van der Waals surface area contributed by atoms with Gasteiger partial charge >= 0.3 is 12.1 Å². The number of carbonyl (C=O) groups is 3. The molecule has 0 radical (unpaired) electrons. The molecule has 0 saturated heterocycles. The fraction of sp³-hybridized carbons (Fsp3) is 0.550. The molecule has 28 heavy (non-hydrogen) atoms. The maximum absolute atomic E-state index is 12.2. The third-order valence-corrected chi connectivity index (χ3v) is 3.96. The zero-order chi connectivity index (χ0) is 21.5. The fourth-order valence-electron chi connectivity index (χ4n) is 2.57. The van der Waals surface area contributed by atoms with Crippen molar-refractivity contribution in [3.8, 4) is 0 Å². The largest absolute Gasteiger partial charge is 0.481 e. The molecule has 0 saturated carbocycles. The highest BCUT2D eigenvalue weighted by Crippen LogP contribution is 2.25. The molecule has 156 valence electrons. The van der Waals surface area contributed by atoms with Gasteiger partial charge in [0.05, 0.1) is 12.0 Å². The number of carbonyl (C=O) groups excluding carboxylic acids is 2. The lowest BCUT2D eigenvalue weighted by atomic mass is 9.84. The molecule has 1 rings (SSSR count). The Bertz CT molecular complexity index is 693. The summed E-state index contributed by atoms with van der Waals surface area (Å²) >= 11 is 0. The van der Waals surface area contributed by atoms with Crippen LogP contribution in [-0.4, -0.2) is 41.3 Å². The molecule has 5 N–H and O–H groups in total. The number of nitrogens with one attached hydrogen (secondary N) is 2. The fourth-order valence-corrected chi connectivity index (χ4v) is 2.57. The number of carboxylic acid groups (broad SMARTS) is 1. The third-order valence-electron chi connectivity index (χ3n) is 3.96. The van der Waals surface area contributed by atoms with E-state index in [1.165, 1.54) is 0 Å². The summed E-state index contributed by atoms with van der Waals surface area (Å²) in [5.41, 5.74) is 5.10. The number of alkyl carbamates (subject to hydrolysis) is 1. The maximum atomic E-state index is 12.2. The van der Waals surface area contributed by atoms with Crippen LogP contribution in [0.5, 0.6) is 0 Å². The van der Waals surface area contributed by atoms with E-state index in [1.54, 1.807) is 46.8 Å². The molecule has 1 aromatic rings. The average Bonchev–Trinajstić information content (AvgIpc) is 2.54. The van der Waals surface area contributed by atoms with Crippen molar-refractivity contribution in [2.45, 2.75) is 59.1 Å². The monoisotopic (exact) mass is 393 g/mol. The third kappa shape index (κ3) is 8.39. The van der Waals surface area contributed by atoms with E-state index < -0.39 is 29.1 Å². The van der Waals surface area contributed by atoms with Gasteiger partial charge in [0.2, 0.25) is 5.91 Å². The first-order valence-electron chi connectivity index (χ1n) is 9.14. The van der Waals surface area contributed by atoms with Crippen molar-refractivity contribution in [1.82, 2.24) is 5.32 Å². The number of hydrogen-bond donors (Lipinski definition) is 4. The van der Waals surface area contributed by atoms with E-state index in [0.717, 1.165) is 5.56 Å². The Hall–Kier alpha value is -2.61. The summed E-state index contributed by atoms with van der Waals surface area (Å²) in [6.07, 6.45) is 0.0550. The highest BCUT2D eigenvalue weighted by atomic mass is 16.6. The second kappa shape index (κ2) is 9.54. The number of anilines is 1. The number of aliphatic carboxylic acids is 1. The average molecular weight is 393 g/mol. The summed E-state index contributed by atoms with van der Waals surface area (Å²) < 4.78 is 5.30. The van der Waals surface area contributed by atoms with Gasteiger partial charge in [-0.2, -0.15) is 0 Å². The van der Waals surface area contributed by atoms with Crippen LogP contribution >= 0.6 is 0 Å². The number of amides is 2. The van der Waals surface area contributed by atoms with Gasteiger partial charge in [-0.05, 0) is 65.2 Å². The zero-order valence-electron chi connectivity index (χ0n) is 17.2. The van der Waals surface area contributed by atoms with Crippen LogP contribution in [0.3, 0.4) is 0 Å². The van der Waals surface area contributed by atoms with Gasteiger partial charge in [0.1, 0.15) is 5.60 Å². The summed E-state index contributed by atoms with van der Waals surface area (Å²) in [7, 11) is 0. The number of hydrogen-bond acceptors (Lipinski definition) is 5. The molecule has 0 heterocycles. The van der Waals surface area contributed by atoms with Gasteiger partial charge in [0.15, 0.2) is 0 Å². The Labute approximate surface area is 165 Å². The number of rotatable bonds is 8. The van der Waals surface area contributed by atoms with E-state index in [4.69, 9.17) is 10.5 Å². The number of carboxylic acids is 1. The van der Waals surface area contributed by atoms with Crippen LogP contribution in [0.15, 0.2) is 24.3 Å². The highest BCUT2D eigenvalue weighted by molar-refractivity contribution is 5.92. The quantitative estimate of drug-likeness (QED) is 0.537. The number of benzene rings is 1. The van der Waals surface area contributed by atoms with Crippen LogP contribution in [0.2, 0.25) is 0 Å². The van der Waals surface area contributed by atoms with Crippen LogP contribution in [0.25, 0.3) is 0 Å². The molecule has 0 aliphatic rings. The van der Waals surface area contributed by atoms with E-state index in [1.807, 2.05) is 12.1 Å². The van der Waals surface area contributed by atoms with E-state index in [0.29, 0.717) is 12.1 Å². The minimum absolute atomic E-state index is 0.103. The maximum Gasteiger partial charge on any atom is 0.407 e. The Kier molecular flexibility index (Phi) is 7.99. The van der Waals surface area contributed by atoms with E-state index >= 15 is 0 Å². The van der Waals surface area contributed by atoms with Gasteiger partial charge in [-0.1, -0.05) is 12.1 Å². The molecule has 1 atom stereocenters. The molecule has 0 spiro atoms. The predicted molar refractivity (Wildman–Crippen MR) is 107 cm³/mol. The molecule has 0 aromatic heterocycles. The van der Waals surface area contributed by atoms with E-state index in [9.17, 15) is 19.5 Å². The van der Waals surface area contributed by atoms with Gasteiger partial charge in [-0.3, -0.25) is 9.59 Å². The summed E-state index contributed by atoms with van der Waals surface area (Å²) in [6, 6.07) is 6.64. The first-order chi connectivity index (χ1) is 12.8. The molecule has 0 unspecified atom stereocenters. The lowest BCUT2D eigenvalue weighted by Crippen LogP contribution is -2.43. The summed E-state index contributed by atoms with van der Waals surface area (Å²) in [5.74, 6) is -1.23. The van der Waals surface area contributed by atoms with E-state index in [2.05, 4.69) is 10.6 Å². The molecule has 0 aliphatic carbocycles. The molecule has 2 amide bonds. The second-order valence-electron chi connectivity index (χ2n) is 8.39. The Morgan fingerprint density at radius 3 is 2.14 bits per heavy atom. The first kappa shape index (κ1) is 23.4. The number of nitrogens with two attached hydrogens (primary N) is 1. The van der Waals surface area contributed by atoms with Gasteiger partial charge in [0.25, 0.3) is 0 Å². The normalized spacial score (nSPS) is 12.8. The molecule has 0 fully saturated rings. The highest BCUT2D eigenvalue weighted by Gasteiger charge is 2.32. The molecular formula is C20H31N3O5. The molecule has 8 nitrogen and oxygen atoms in total. The molecular weight excluding hydrogens is 362 g/mol. The van der Waals surface area contributed by atoms with Crippen molar-refractivity contribution in [3.05, 3.63) is 29.8 Å². The molecule has 8 heteroatoms. The Balaban J connectivity index is 2.90. The first-order valence-corrected chi connectivity index (χ1v) is 9.14. The lowest BCUT2D eigenvalue weighted by Gasteiger charge is -2.28. The summed E-state index contributed by atoms with van der Waals surface area (Å²) in [4.78, 5) is 35.0. The Morgan fingerprint density at radius 1 is 1.11 bits per heavy atom. The summed E-state index contributed by atoms with van der Waals surface area (Å²) in [5, 5.41) is 14.9. The SMILES string of the molecule is CC(C)(C)OC(=O)N[C@@H](Cc1ccc(NC(=O)CN)cc1)CC(C)(C)C(=O)O. The smallest absolute Gasteiger partial charge is 0.407 e. The van der Waals surface area contributed by atoms with Crippen molar-refractivity contribution in [2.75, 3.05) is 11.9 Å². The van der Waals surface area contributed by atoms with Crippen molar-refractivity contribution < 1.29 is 24.2 Å². The topological polar surface area (TPSA) is 131 Å². The second-order valence-corrected chi connectivity index (χ2v) is 8.39. The van der Waals surface area contributed by atoms with Crippen molar-refractivity contribution in [3.63, 3.8) is 0 Å². The van der Waals surface area contributed by atoms with Crippen LogP contribution in [-0.2, 0) is 20.7 Å². The van der Waals surface area contributed by atoms with Crippen LogP contribution in [0, 0.1) is 5.41 Å². The minimum Gasteiger partial charge on any atom is -0.481 e. The van der Waals surface area contributed by atoms with Crippen molar-refractivity contribution in [1.29, 1.82) is 0 Å². The Morgan fingerprint density at radius 2 is 1.68 bits per heavy atom. The molecule has 0 aliphatic heterocycles. The van der Waals surface area contributed by atoms with Gasteiger partial charge < -0.3 is 26.2 Å². The molecule has 0 bridgehead atoms. The van der Waals surface area contributed by atoms with Gasteiger partial charge in [0, 0.05) is 11.7 Å². The van der Waals surface area contributed by atoms with Crippen LogP contribution in [0.1, 0.15) is 46.6 Å². The lowest BCUT2D eigenvalue weighted by molar-refractivity contribution is -0.147. The standard InChI is InChI=1S/C20H31N3O5/c1-19(2,3)28-18(27)23-15(11-20(4,5)17(25)26)10-13-6-8-14(9-7-13)22-16(24)12-21/h6-9,15H,10-12,21H2,1-5H3,(H,22,24)(H,23,27)(H,25,26)/t15-/m0/s1. The summed E-state index contributed by atoms with van der Waals surface area (Å²) in [6.45, 7) is 8.41. The minimum atomic E-state index is -1.02. The van der Waals surface area contributed by atoms with Crippen LogP contribution < -0.4 is 16.4 Å².